The van der Waals surface area contributed by atoms with Gasteiger partial charge in [0.1, 0.15) is 0 Å². The Morgan fingerprint density at radius 3 is 1.36 bits per heavy atom. The Morgan fingerprint density at radius 1 is 0.467 bits per heavy atom. The maximum Gasteiger partial charge on any atom is 0.243 e. The van der Waals surface area contributed by atoms with Gasteiger partial charge >= 0.3 is 0 Å². The first-order valence-corrected chi connectivity index (χ1v) is 16.2. The molecule has 3 heteroatoms. The van der Waals surface area contributed by atoms with Crippen LogP contribution in [0.4, 0.5) is 17.1 Å². The number of hydrogen-bond donors (Lipinski definition) is 0. The Balaban J connectivity index is 1.43. The molecule has 0 saturated heterocycles. The summed E-state index contributed by atoms with van der Waals surface area (Å²) in [6.07, 6.45) is 3.84. The molecule has 4 aliphatic heterocycles. The van der Waals surface area contributed by atoms with Crippen LogP contribution in [0.2, 0.25) is 0 Å². The zero-order valence-corrected chi connectivity index (χ0v) is 26.1. The normalized spacial score (nSPS) is 17.8. The molecule has 0 radical (unpaired) electrons. The van der Waals surface area contributed by atoms with Gasteiger partial charge in [-0.1, -0.05) is 135 Å². The molecule has 6 aromatic rings. The van der Waals surface area contributed by atoms with Crippen LogP contribution in [0.1, 0.15) is 72.2 Å². The molecule has 0 N–H and O–H groups in total. The van der Waals surface area contributed by atoms with Crippen LogP contribution in [0.5, 0.6) is 0 Å². The Labute approximate surface area is 265 Å². The van der Waals surface area contributed by atoms with Gasteiger partial charge in [0.2, 0.25) is 6.71 Å². The highest BCUT2D eigenvalue weighted by Gasteiger charge is 2.58. The van der Waals surface area contributed by atoms with Crippen molar-refractivity contribution in [3.8, 4) is 0 Å². The van der Waals surface area contributed by atoms with Crippen LogP contribution in [-0.4, -0.2) is 11.7 Å². The summed E-state index contributed by atoms with van der Waals surface area (Å²) in [7, 11) is 0. The lowest BCUT2D eigenvalue weighted by Crippen LogP contribution is -2.72. The molecule has 0 aliphatic carbocycles. The molecule has 214 valence electrons. The van der Waals surface area contributed by atoms with Crippen LogP contribution in [-0.2, 0) is 16.2 Å². The molecular formula is C42H33BN2. The van der Waals surface area contributed by atoms with Crippen LogP contribution < -0.4 is 21.3 Å². The molecule has 10 rings (SSSR count). The first-order valence-electron chi connectivity index (χ1n) is 16.2. The van der Waals surface area contributed by atoms with E-state index in [9.17, 15) is 0 Å². The maximum absolute atomic E-state index is 4.55. The van der Waals surface area contributed by atoms with Crippen LogP contribution in [0.15, 0.2) is 128 Å². The van der Waals surface area contributed by atoms with Crippen molar-refractivity contribution >= 4 is 40.2 Å². The van der Waals surface area contributed by atoms with E-state index in [0.717, 1.165) is 5.69 Å². The molecule has 2 nitrogen and oxygen atoms in total. The second-order valence-electron chi connectivity index (χ2n) is 14.3. The van der Waals surface area contributed by atoms with Crippen molar-refractivity contribution in [2.45, 2.75) is 43.9 Å². The van der Waals surface area contributed by atoms with Gasteiger partial charge in [0, 0.05) is 17.0 Å². The molecule has 0 atom stereocenters. The fraction of sp³-hybridized carbons (Fsp3) is 0.167. The summed E-state index contributed by atoms with van der Waals surface area (Å²) in [4.78, 5) is 6.97. The van der Waals surface area contributed by atoms with Gasteiger partial charge in [-0.05, 0) is 68.8 Å². The Hall–Kier alpha value is -4.89. The first-order chi connectivity index (χ1) is 21.9. The van der Waals surface area contributed by atoms with E-state index in [-0.39, 0.29) is 17.5 Å². The third-order valence-electron chi connectivity index (χ3n) is 11.7. The minimum absolute atomic E-state index is 0.121. The number of nitrogens with zero attached hydrogens (tertiary/aromatic N) is 2. The zero-order valence-electron chi connectivity index (χ0n) is 26.1. The van der Waals surface area contributed by atoms with E-state index in [4.69, 9.17) is 0 Å². The predicted octanol–water partition coefficient (Wildman–Crippen LogP) is 7.36. The molecule has 1 aromatic heterocycles. The van der Waals surface area contributed by atoms with Crippen LogP contribution in [0, 0.1) is 0 Å². The number of hydrogen-bond acceptors (Lipinski definition) is 2. The van der Waals surface area contributed by atoms with Gasteiger partial charge in [-0.3, -0.25) is 4.98 Å². The Kier molecular flexibility index (Phi) is 4.65. The third-order valence-corrected chi connectivity index (χ3v) is 11.7. The molecule has 0 amide bonds. The topological polar surface area (TPSA) is 16.1 Å². The summed E-state index contributed by atoms with van der Waals surface area (Å²) in [5.41, 5.74) is 18.7. The average Bonchev–Trinajstić information content (AvgIpc) is 3.07. The molecular weight excluding hydrogens is 543 g/mol. The fourth-order valence-corrected chi connectivity index (χ4v) is 9.92. The SMILES string of the molecule is CC1(C)c2cccc3c2B2c4c1cccc4C1(c4ccccc4N(c4cccnc4)c4ccccc41)c1cccc(c12)C3(C)C. The molecule has 45 heavy (non-hydrogen) atoms. The number of rotatable bonds is 1. The summed E-state index contributed by atoms with van der Waals surface area (Å²) < 4.78 is 0. The minimum Gasteiger partial charge on any atom is -0.308 e. The largest absolute Gasteiger partial charge is 0.308 e. The van der Waals surface area contributed by atoms with Gasteiger partial charge in [-0.2, -0.15) is 0 Å². The van der Waals surface area contributed by atoms with Gasteiger partial charge in [-0.15, -0.1) is 0 Å². The number of fused-ring (bicyclic) bond motifs is 6. The molecule has 5 heterocycles. The highest BCUT2D eigenvalue weighted by Crippen LogP contribution is 2.59. The number of aromatic nitrogens is 1. The van der Waals surface area contributed by atoms with Crippen LogP contribution >= 0.6 is 0 Å². The Bertz CT molecular complexity index is 2110. The average molecular weight is 577 g/mol. The van der Waals surface area contributed by atoms with Gasteiger partial charge in [0.25, 0.3) is 0 Å². The van der Waals surface area contributed by atoms with Gasteiger partial charge in [0.05, 0.1) is 28.7 Å². The fourth-order valence-electron chi connectivity index (χ4n) is 9.92. The summed E-state index contributed by atoms with van der Waals surface area (Å²) in [5.74, 6) is 0. The van der Waals surface area contributed by atoms with Gasteiger partial charge in [0.15, 0.2) is 0 Å². The minimum atomic E-state index is -0.477. The van der Waals surface area contributed by atoms with Crippen molar-refractivity contribution in [2.24, 2.45) is 0 Å². The van der Waals surface area contributed by atoms with Crippen molar-refractivity contribution in [1.29, 1.82) is 0 Å². The van der Waals surface area contributed by atoms with E-state index in [1.54, 1.807) is 0 Å². The third kappa shape index (κ3) is 2.78. The second-order valence-corrected chi connectivity index (χ2v) is 14.3. The lowest BCUT2D eigenvalue weighted by Gasteiger charge is -2.55. The van der Waals surface area contributed by atoms with Crippen LogP contribution in [0.25, 0.3) is 0 Å². The van der Waals surface area contributed by atoms with Crippen molar-refractivity contribution in [3.63, 3.8) is 0 Å². The van der Waals surface area contributed by atoms with E-state index < -0.39 is 5.41 Å². The van der Waals surface area contributed by atoms with Crippen molar-refractivity contribution in [2.75, 3.05) is 4.90 Å². The number of pyridine rings is 1. The maximum atomic E-state index is 4.55. The van der Waals surface area contributed by atoms with E-state index >= 15 is 0 Å². The molecule has 0 saturated carbocycles. The van der Waals surface area contributed by atoms with Crippen molar-refractivity contribution < 1.29 is 0 Å². The van der Waals surface area contributed by atoms with Crippen LogP contribution in [0.3, 0.4) is 0 Å². The monoisotopic (exact) mass is 576 g/mol. The summed E-state index contributed by atoms with van der Waals surface area (Å²) >= 11 is 0. The summed E-state index contributed by atoms with van der Waals surface area (Å²) in [6, 6.07) is 43.9. The molecule has 0 unspecified atom stereocenters. The molecule has 5 aromatic carbocycles. The molecule has 0 fully saturated rings. The molecule has 1 spiro atoms. The number of anilines is 3. The van der Waals surface area contributed by atoms with E-state index in [1.807, 2.05) is 18.5 Å². The molecule has 4 aliphatic rings. The standard InChI is InChI=1S/C42H33BN2/c1-40(2)29-16-9-17-30-37(29)43-38-31(40)18-10-20-33(38)42(34-21-11-19-32(39(34)43)41(30,3)4)27-14-5-7-22-35(27)45(26-13-12-24-44-25-26)36-23-8-6-15-28(36)42/h5-25H,1-4H3. The van der Waals surface area contributed by atoms with Gasteiger partial charge in [-0.25, -0.2) is 0 Å². The molecule has 0 bridgehead atoms. The number of para-hydroxylation sites is 2. The lowest BCUT2D eigenvalue weighted by atomic mass is 9.23. The van der Waals surface area contributed by atoms with E-state index in [0.29, 0.717) is 0 Å². The van der Waals surface area contributed by atoms with E-state index in [1.165, 1.54) is 72.3 Å². The highest BCUT2D eigenvalue weighted by atomic mass is 15.2. The van der Waals surface area contributed by atoms with Crippen molar-refractivity contribution in [1.82, 2.24) is 4.98 Å². The smallest absolute Gasteiger partial charge is 0.243 e. The summed E-state index contributed by atoms with van der Waals surface area (Å²) in [6.45, 7) is 9.98. The quantitative estimate of drug-likeness (QED) is 0.190. The van der Waals surface area contributed by atoms with Crippen molar-refractivity contribution in [3.05, 3.63) is 172 Å². The predicted molar refractivity (Wildman–Crippen MR) is 186 cm³/mol. The lowest BCUT2D eigenvalue weighted by molar-refractivity contribution is 0.613. The number of benzene rings is 5. The summed E-state index contributed by atoms with van der Waals surface area (Å²) in [5, 5.41) is 0. The Morgan fingerprint density at radius 2 is 0.889 bits per heavy atom. The highest BCUT2D eigenvalue weighted by molar-refractivity contribution is 6.98. The second kappa shape index (κ2) is 8.23. The van der Waals surface area contributed by atoms with E-state index in [2.05, 4.69) is 147 Å². The zero-order chi connectivity index (χ0) is 30.3. The first kappa shape index (κ1) is 25.4. The van der Waals surface area contributed by atoms with Gasteiger partial charge < -0.3 is 4.90 Å².